The predicted octanol–water partition coefficient (Wildman–Crippen LogP) is 0.123. The van der Waals surface area contributed by atoms with E-state index in [1.165, 1.54) is 7.11 Å². The summed E-state index contributed by atoms with van der Waals surface area (Å²) in [5.41, 5.74) is 0. The Labute approximate surface area is 117 Å². The standard InChI is InChI=1S/C13H18N4O3/c1-9(12(19)20-2)16-11(18)10-5-3-8-17(10)13-14-6-4-7-15-13/h4,6-7,9-10H,3,5,8H2,1-2H3,(H,16,18). The molecular formula is C13H18N4O3. The van der Waals surface area contributed by atoms with Gasteiger partial charge in [0.1, 0.15) is 12.1 Å². The Balaban J connectivity index is 2.04. The van der Waals surface area contributed by atoms with Crippen molar-refractivity contribution in [1.29, 1.82) is 0 Å². The maximum Gasteiger partial charge on any atom is 0.328 e. The lowest BCUT2D eigenvalue weighted by Crippen LogP contribution is -2.49. The molecule has 7 nitrogen and oxygen atoms in total. The normalized spacial score (nSPS) is 19.5. The van der Waals surface area contributed by atoms with Crippen LogP contribution in [0.1, 0.15) is 19.8 Å². The van der Waals surface area contributed by atoms with Crippen LogP contribution in [0, 0.1) is 0 Å². The number of nitrogens with one attached hydrogen (secondary N) is 1. The molecule has 0 saturated carbocycles. The van der Waals surface area contributed by atoms with E-state index in [1.54, 1.807) is 25.4 Å². The van der Waals surface area contributed by atoms with Crippen LogP contribution in [0.5, 0.6) is 0 Å². The second kappa shape index (κ2) is 6.31. The van der Waals surface area contributed by atoms with Gasteiger partial charge < -0.3 is 15.0 Å². The molecule has 1 saturated heterocycles. The van der Waals surface area contributed by atoms with Crippen molar-refractivity contribution in [3.63, 3.8) is 0 Å². The molecule has 1 fully saturated rings. The number of rotatable bonds is 4. The number of hydrogen-bond acceptors (Lipinski definition) is 6. The highest BCUT2D eigenvalue weighted by atomic mass is 16.5. The van der Waals surface area contributed by atoms with Crippen LogP contribution in [0.25, 0.3) is 0 Å². The quantitative estimate of drug-likeness (QED) is 0.788. The summed E-state index contributed by atoms with van der Waals surface area (Å²) in [7, 11) is 1.30. The van der Waals surface area contributed by atoms with Gasteiger partial charge in [0.05, 0.1) is 7.11 Å². The van der Waals surface area contributed by atoms with E-state index < -0.39 is 12.0 Å². The van der Waals surface area contributed by atoms with Crippen LogP contribution < -0.4 is 10.2 Å². The fraction of sp³-hybridized carbons (Fsp3) is 0.538. The number of amides is 1. The number of carbonyl (C=O) groups is 2. The first-order valence-corrected chi connectivity index (χ1v) is 6.55. The zero-order valence-electron chi connectivity index (χ0n) is 11.6. The van der Waals surface area contributed by atoms with Gasteiger partial charge in [-0.05, 0) is 25.8 Å². The fourth-order valence-corrected chi connectivity index (χ4v) is 2.26. The molecule has 2 rings (SSSR count). The predicted molar refractivity (Wildman–Crippen MR) is 72.0 cm³/mol. The number of methoxy groups -OCH3 is 1. The summed E-state index contributed by atoms with van der Waals surface area (Å²) in [6.07, 6.45) is 4.90. The van der Waals surface area contributed by atoms with E-state index in [1.807, 2.05) is 4.90 Å². The highest BCUT2D eigenvalue weighted by molar-refractivity contribution is 5.89. The molecule has 0 spiro atoms. The molecule has 7 heteroatoms. The van der Waals surface area contributed by atoms with Crippen LogP contribution in [0.2, 0.25) is 0 Å². The maximum absolute atomic E-state index is 12.2. The first-order chi connectivity index (χ1) is 9.63. The van der Waals surface area contributed by atoms with Gasteiger partial charge in [0.25, 0.3) is 0 Å². The molecule has 1 aliphatic heterocycles. The highest BCUT2D eigenvalue weighted by Crippen LogP contribution is 2.21. The average molecular weight is 278 g/mol. The molecule has 0 bridgehead atoms. The Morgan fingerprint density at radius 1 is 1.45 bits per heavy atom. The highest BCUT2D eigenvalue weighted by Gasteiger charge is 2.33. The van der Waals surface area contributed by atoms with E-state index in [0.717, 1.165) is 19.4 Å². The largest absolute Gasteiger partial charge is 0.467 e. The minimum Gasteiger partial charge on any atom is -0.467 e. The Morgan fingerprint density at radius 3 is 2.80 bits per heavy atom. The van der Waals surface area contributed by atoms with Crippen molar-refractivity contribution in [3.05, 3.63) is 18.5 Å². The molecule has 1 aliphatic rings. The average Bonchev–Trinajstić information content (AvgIpc) is 2.96. The lowest BCUT2D eigenvalue weighted by molar-refractivity contribution is -0.144. The van der Waals surface area contributed by atoms with Crippen LogP contribution in [0.4, 0.5) is 5.95 Å². The van der Waals surface area contributed by atoms with Crippen molar-refractivity contribution in [1.82, 2.24) is 15.3 Å². The summed E-state index contributed by atoms with van der Waals surface area (Å²) < 4.78 is 4.60. The Kier molecular flexibility index (Phi) is 4.49. The molecule has 20 heavy (non-hydrogen) atoms. The summed E-state index contributed by atoms with van der Waals surface area (Å²) in [6.45, 7) is 2.33. The maximum atomic E-state index is 12.2. The Bertz CT molecular complexity index is 480. The number of hydrogen-bond donors (Lipinski definition) is 1. The van der Waals surface area contributed by atoms with Crippen molar-refractivity contribution in [2.75, 3.05) is 18.6 Å². The van der Waals surface area contributed by atoms with Crippen LogP contribution in [-0.2, 0) is 14.3 Å². The molecule has 1 aromatic heterocycles. The molecule has 0 radical (unpaired) electrons. The van der Waals surface area contributed by atoms with Crippen LogP contribution in [-0.4, -0.2) is 47.6 Å². The van der Waals surface area contributed by atoms with Crippen molar-refractivity contribution >= 4 is 17.8 Å². The molecule has 2 unspecified atom stereocenters. The van der Waals surface area contributed by atoms with Gasteiger partial charge in [0, 0.05) is 18.9 Å². The van der Waals surface area contributed by atoms with Crippen LogP contribution >= 0.6 is 0 Å². The zero-order chi connectivity index (χ0) is 14.5. The van der Waals surface area contributed by atoms with E-state index in [9.17, 15) is 9.59 Å². The zero-order valence-corrected chi connectivity index (χ0v) is 11.6. The van der Waals surface area contributed by atoms with Gasteiger partial charge in [0.2, 0.25) is 11.9 Å². The molecule has 1 aromatic rings. The molecule has 1 N–H and O–H groups in total. The minimum atomic E-state index is -0.661. The molecule has 2 heterocycles. The summed E-state index contributed by atoms with van der Waals surface area (Å²) in [6, 6.07) is 0.727. The molecule has 0 aliphatic carbocycles. The topological polar surface area (TPSA) is 84.4 Å². The molecule has 1 amide bonds. The van der Waals surface area contributed by atoms with E-state index in [2.05, 4.69) is 20.0 Å². The number of anilines is 1. The summed E-state index contributed by atoms with van der Waals surface area (Å²) in [5, 5.41) is 2.66. The van der Waals surface area contributed by atoms with E-state index in [4.69, 9.17) is 0 Å². The van der Waals surface area contributed by atoms with Crippen molar-refractivity contribution in [2.24, 2.45) is 0 Å². The Morgan fingerprint density at radius 2 is 2.15 bits per heavy atom. The molecule has 108 valence electrons. The summed E-state index contributed by atoms with van der Waals surface area (Å²) in [5.74, 6) is -0.123. The lowest BCUT2D eigenvalue weighted by Gasteiger charge is -2.24. The Hall–Kier alpha value is -2.18. The summed E-state index contributed by atoms with van der Waals surface area (Å²) >= 11 is 0. The molecular weight excluding hydrogens is 260 g/mol. The van der Waals surface area contributed by atoms with Crippen molar-refractivity contribution < 1.29 is 14.3 Å². The van der Waals surface area contributed by atoms with E-state index in [-0.39, 0.29) is 11.9 Å². The van der Waals surface area contributed by atoms with Crippen LogP contribution in [0.3, 0.4) is 0 Å². The third kappa shape index (κ3) is 3.04. The van der Waals surface area contributed by atoms with Gasteiger partial charge in [-0.3, -0.25) is 4.79 Å². The minimum absolute atomic E-state index is 0.201. The van der Waals surface area contributed by atoms with Gasteiger partial charge in [0.15, 0.2) is 0 Å². The number of nitrogens with zero attached hydrogens (tertiary/aromatic N) is 3. The second-order valence-electron chi connectivity index (χ2n) is 4.65. The first kappa shape index (κ1) is 14.2. The number of carbonyl (C=O) groups excluding carboxylic acids is 2. The third-order valence-corrected chi connectivity index (χ3v) is 3.28. The third-order valence-electron chi connectivity index (χ3n) is 3.28. The van der Waals surface area contributed by atoms with Gasteiger partial charge in [-0.1, -0.05) is 0 Å². The summed E-state index contributed by atoms with van der Waals surface area (Å²) in [4.78, 5) is 33.8. The smallest absolute Gasteiger partial charge is 0.328 e. The van der Waals surface area contributed by atoms with E-state index >= 15 is 0 Å². The van der Waals surface area contributed by atoms with E-state index in [0.29, 0.717) is 5.95 Å². The number of aromatic nitrogens is 2. The lowest BCUT2D eigenvalue weighted by atomic mass is 10.2. The first-order valence-electron chi connectivity index (χ1n) is 6.55. The fourth-order valence-electron chi connectivity index (χ4n) is 2.26. The second-order valence-corrected chi connectivity index (χ2v) is 4.65. The van der Waals surface area contributed by atoms with Gasteiger partial charge in [-0.15, -0.1) is 0 Å². The number of esters is 1. The van der Waals surface area contributed by atoms with Gasteiger partial charge >= 0.3 is 5.97 Å². The van der Waals surface area contributed by atoms with Crippen LogP contribution in [0.15, 0.2) is 18.5 Å². The van der Waals surface area contributed by atoms with Crippen molar-refractivity contribution in [2.45, 2.75) is 31.8 Å². The molecule has 2 atom stereocenters. The number of ether oxygens (including phenoxy) is 1. The SMILES string of the molecule is COC(=O)C(C)NC(=O)C1CCCN1c1ncccn1. The van der Waals surface area contributed by atoms with Gasteiger partial charge in [-0.25, -0.2) is 14.8 Å². The van der Waals surface area contributed by atoms with Crippen molar-refractivity contribution in [3.8, 4) is 0 Å². The molecule has 0 aromatic carbocycles. The van der Waals surface area contributed by atoms with Gasteiger partial charge in [-0.2, -0.15) is 0 Å². The monoisotopic (exact) mass is 278 g/mol.